The second-order valence-corrected chi connectivity index (χ2v) is 16.7. The Morgan fingerprint density at radius 1 is 0.700 bits per heavy atom. The van der Waals surface area contributed by atoms with Gasteiger partial charge >= 0.3 is 24.2 Å². The molecule has 2 atom stereocenters. The lowest BCUT2D eigenvalue weighted by Crippen LogP contribution is -2.51. The third-order valence-corrected chi connectivity index (χ3v) is 4.26. The van der Waals surface area contributed by atoms with E-state index in [1.54, 1.807) is 39.3 Å². The lowest BCUT2D eigenvalue weighted by molar-refractivity contribution is -0.167. The van der Waals surface area contributed by atoms with Gasteiger partial charge in [-0.2, -0.15) is 0 Å². The molecule has 0 fully saturated rings. The largest absolute Gasteiger partial charge is 0.517 e. The average molecular weight is 463 g/mol. The van der Waals surface area contributed by atoms with E-state index in [0.29, 0.717) is 0 Å². The number of hydrogen-bond acceptors (Lipinski definition) is 10. The molecule has 0 radical (unpaired) electrons. The van der Waals surface area contributed by atoms with Gasteiger partial charge in [0.1, 0.15) is 13.2 Å². The Bertz CT molecular complexity index is 592. The molecule has 10 nitrogen and oxygen atoms in total. The van der Waals surface area contributed by atoms with Crippen LogP contribution in [0.2, 0.25) is 39.3 Å². The first-order valence-corrected chi connectivity index (χ1v) is 15.9. The van der Waals surface area contributed by atoms with E-state index >= 15 is 0 Å². The molecule has 170 valence electrons. The Hall–Kier alpha value is -2.61. The minimum Gasteiger partial charge on any atom is -0.517 e. The maximum Gasteiger partial charge on any atom is 0.509 e. The van der Waals surface area contributed by atoms with E-state index in [1.165, 1.54) is 12.2 Å². The summed E-state index contributed by atoms with van der Waals surface area (Å²) in [6, 6.07) is 0. The first-order chi connectivity index (χ1) is 13.7. The van der Waals surface area contributed by atoms with Crippen LogP contribution in [0.3, 0.4) is 0 Å². The van der Waals surface area contributed by atoms with E-state index in [4.69, 9.17) is 27.8 Å². The Morgan fingerprint density at radius 3 is 1.23 bits per heavy atom. The molecule has 0 saturated heterocycles. The van der Waals surface area contributed by atoms with Gasteiger partial charge in [0.2, 0.25) is 28.8 Å². The summed E-state index contributed by atoms with van der Waals surface area (Å²) in [5, 5.41) is 0. The molecule has 0 spiro atoms. The van der Waals surface area contributed by atoms with Crippen molar-refractivity contribution in [2.75, 3.05) is 13.2 Å². The monoisotopic (exact) mass is 462 g/mol. The maximum atomic E-state index is 12.7. The van der Waals surface area contributed by atoms with Gasteiger partial charge in [0.25, 0.3) is 0 Å². The van der Waals surface area contributed by atoms with Crippen LogP contribution in [-0.4, -0.2) is 66.3 Å². The van der Waals surface area contributed by atoms with Crippen LogP contribution in [0, 0.1) is 0 Å². The van der Waals surface area contributed by atoms with Gasteiger partial charge in [-0.3, -0.25) is 0 Å². The highest BCUT2D eigenvalue weighted by molar-refractivity contribution is 6.71. The van der Waals surface area contributed by atoms with Gasteiger partial charge in [-0.15, -0.1) is 0 Å². The van der Waals surface area contributed by atoms with Crippen LogP contribution in [0.15, 0.2) is 25.3 Å². The van der Waals surface area contributed by atoms with E-state index in [-0.39, 0.29) is 13.2 Å². The number of carbonyl (C=O) groups excluding carboxylic acids is 4. The molecule has 0 aromatic carbocycles. The molecule has 0 bridgehead atoms. The normalized spacial score (nSPS) is 13.1. The summed E-state index contributed by atoms with van der Waals surface area (Å²) in [6.45, 7) is 16.6. The molecule has 2 unspecified atom stereocenters. The fourth-order valence-electron chi connectivity index (χ4n) is 1.72. The summed E-state index contributed by atoms with van der Waals surface area (Å²) in [6.07, 6.45) is -3.96. The van der Waals surface area contributed by atoms with Crippen LogP contribution < -0.4 is 0 Å². The summed E-state index contributed by atoms with van der Waals surface area (Å²) >= 11 is 0. The van der Waals surface area contributed by atoms with Crippen molar-refractivity contribution in [3.8, 4) is 0 Å². The standard InChI is InChI=1S/C18H30O10Si2/c1-9-11-23-17(21)25-13(15(19)27-29(3,4)5)14(16(20)28-30(6,7)8)26-18(22)24-12-10-2/h9-10,13-14H,1-2,11-12H2,3-8H3. The highest BCUT2D eigenvalue weighted by Crippen LogP contribution is 2.17. The van der Waals surface area contributed by atoms with Crippen molar-refractivity contribution in [3.05, 3.63) is 25.3 Å². The zero-order chi connectivity index (χ0) is 23.5. The molecular weight excluding hydrogens is 432 g/mol. The number of hydrogen-bond donors (Lipinski definition) is 0. The van der Waals surface area contributed by atoms with Gasteiger partial charge in [0.15, 0.2) is 0 Å². The first-order valence-electron chi connectivity index (χ1n) is 9.04. The van der Waals surface area contributed by atoms with Crippen molar-refractivity contribution in [3.63, 3.8) is 0 Å². The molecular formula is C18H30O10Si2. The second kappa shape index (κ2) is 12.2. The summed E-state index contributed by atoms with van der Waals surface area (Å²) in [5.41, 5.74) is 0. The highest BCUT2D eigenvalue weighted by Gasteiger charge is 2.45. The summed E-state index contributed by atoms with van der Waals surface area (Å²) < 4.78 is 30.0. The predicted octanol–water partition coefficient (Wildman–Crippen LogP) is 3.16. The molecule has 0 aliphatic rings. The minimum absolute atomic E-state index is 0.207. The van der Waals surface area contributed by atoms with Crippen LogP contribution in [0.1, 0.15) is 0 Å². The molecule has 0 amide bonds. The van der Waals surface area contributed by atoms with Gasteiger partial charge in [0, 0.05) is 0 Å². The molecule has 0 N–H and O–H groups in total. The molecule has 0 rings (SSSR count). The van der Waals surface area contributed by atoms with Crippen LogP contribution >= 0.6 is 0 Å². The van der Waals surface area contributed by atoms with Crippen molar-refractivity contribution in [2.45, 2.75) is 51.5 Å². The van der Waals surface area contributed by atoms with Crippen LogP contribution in [0.25, 0.3) is 0 Å². The summed E-state index contributed by atoms with van der Waals surface area (Å²) in [4.78, 5) is 49.3. The van der Waals surface area contributed by atoms with Gasteiger partial charge in [-0.25, -0.2) is 19.2 Å². The van der Waals surface area contributed by atoms with Crippen molar-refractivity contribution >= 4 is 40.9 Å². The number of ether oxygens (including phenoxy) is 4. The highest BCUT2D eigenvalue weighted by atomic mass is 28.4. The predicted molar refractivity (Wildman–Crippen MR) is 112 cm³/mol. The molecule has 0 aliphatic heterocycles. The van der Waals surface area contributed by atoms with Gasteiger partial charge in [-0.1, -0.05) is 25.3 Å². The van der Waals surface area contributed by atoms with E-state index in [0.717, 1.165) is 0 Å². The maximum absolute atomic E-state index is 12.7. The topological polar surface area (TPSA) is 124 Å². The second-order valence-electron chi connectivity index (χ2n) is 7.84. The van der Waals surface area contributed by atoms with Crippen LogP contribution in [0.4, 0.5) is 9.59 Å². The summed E-state index contributed by atoms with van der Waals surface area (Å²) in [5.74, 6) is -2.17. The molecule has 0 saturated carbocycles. The minimum atomic E-state index is -2.47. The van der Waals surface area contributed by atoms with Gasteiger partial charge in [0.05, 0.1) is 0 Å². The Kier molecular flexibility index (Phi) is 11.1. The molecule has 0 heterocycles. The van der Waals surface area contributed by atoms with Gasteiger partial charge < -0.3 is 27.8 Å². The van der Waals surface area contributed by atoms with E-state index in [2.05, 4.69) is 13.2 Å². The first kappa shape index (κ1) is 27.4. The Balaban J connectivity index is 5.91. The fourth-order valence-corrected chi connectivity index (χ4v) is 3.16. The van der Waals surface area contributed by atoms with Crippen molar-refractivity contribution in [2.24, 2.45) is 0 Å². The van der Waals surface area contributed by atoms with Crippen LogP contribution in [0.5, 0.6) is 0 Å². The zero-order valence-corrected chi connectivity index (χ0v) is 20.2. The Labute approximate surface area is 178 Å². The van der Waals surface area contributed by atoms with E-state index in [9.17, 15) is 19.2 Å². The van der Waals surface area contributed by atoms with Crippen molar-refractivity contribution in [1.82, 2.24) is 0 Å². The zero-order valence-electron chi connectivity index (χ0n) is 18.2. The third-order valence-electron chi connectivity index (χ3n) is 2.64. The number of rotatable bonds is 11. The summed E-state index contributed by atoms with van der Waals surface area (Å²) in [7, 11) is -4.95. The van der Waals surface area contributed by atoms with E-state index < -0.39 is 53.1 Å². The third kappa shape index (κ3) is 12.1. The molecule has 0 aliphatic carbocycles. The average Bonchev–Trinajstić information content (AvgIpc) is 2.57. The smallest absolute Gasteiger partial charge is 0.509 e. The molecule has 30 heavy (non-hydrogen) atoms. The van der Waals surface area contributed by atoms with E-state index in [1.807, 2.05) is 0 Å². The van der Waals surface area contributed by atoms with Crippen LogP contribution in [-0.2, 0) is 37.4 Å². The van der Waals surface area contributed by atoms with Crippen molar-refractivity contribution < 1.29 is 47.0 Å². The molecule has 12 heteroatoms. The lowest BCUT2D eigenvalue weighted by Gasteiger charge is -2.28. The lowest BCUT2D eigenvalue weighted by atomic mass is 10.2. The van der Waals surface area contributed by atoms with Gasteiger partial charge in [-0.05, 0) is 39.3 Å². The molecule has 0 aromatic rings. The fraction of sp³-hybridized carbons (Fsp3) is 0.556. The SMILES string of the molecule is C=CCOC(=O)OC(C(=O)O[Si](C)(C)C)C(OC(=O)OCC=C)C(=O)O[Si](C)(C)C. The quantitative estimate of drug-likeness (QED) is 0.257. The Morgan fingerprint density at radius 2 is 1.00 bits per heavy atom. The van der Waals surface area contributed by atoms with Crippen molar-refractivity contribution in [1.29, 1.82) is 0 Å². The number of carbonyl (C=O) groups is 4. The molecule has 0 aromatic heterocycles.